The topological polar surface area (TPSA) is 114 Å². The second-order valence-corrected chi connectivity index (χ2v) is 7.90. The molecule has 4 aromatic rings. The van der Waals surface area contributed by atoms with Crippen LogP contribution in [0.2, 0.25) is 0 Å². The number of thioether (sulfide) groups is 1. The number of aromatic nitrogens is 2. The molecule has 0 saturated heterocycles. The Bertz CT molecular complexity index is 1180. The summed E-state index contributed by atoms with van der Waals surface area (Å²) < 4.78 is 5.71. The van der Waals surface area contributed by atoms with E-state index in [9.17, 15) is 14.9 Å². The average molecular weight is 436 g/mol. The third-order valence-electron chi connectivity index (χ3n) is 4.85. The van der Waals surface area contributed by atoms with Crippen molar-refractivity contribution in [1.82, 2.24) is 15.3 Å². The molecule has 0 saturated carbocycles. The van der Waals surface area contributed by atoms with Crippen LogP contribution >= 0.6 is 11.8 Å². The molecule has 0 aliphatic heterocycles. The zero-order valence-electron chi connectivity index (χ0n) is 16.7. The largest absolute Gasteiger partial charge is 0.451 e. The predicted molar refractivity (Wildman–Crippen MR) is 120 cm³/mol. The van der Waals surface area contributed by atoms with E-state index in [1.54, 1.807) is 36.0 Å². The third-order valence-corrected chi connectivity index (χ3v) is 5.49. The van der Waals surface area contributed by atoms with Gasteiger partial charge in [-0.15, -0.1) is 0 Å². The van der Waals surface area contributed by atoms with Gasteiger partial charge in [0.05, 0.1) is 22.0 Å². The van der Waals surface area contributed by atoms with Gasteiger partial charge in [-0.05, 0) is 54.8 Å². The van der Waals surface area contributed by atoms with Crippen LogP contribution in [0.3, 0.4) is 0 Å². The highest BCUT2D eigenvalue weighted by Crippen LogP contribution is 2.26. The zero-order valence-corrected chi connectivity index (χ0v) is 17.5. The molecule has 158 valence electrons. The highest BCUT2D eigenvalue weighted by Gasteiger charge is 2.21. The van der Waals surface area contributed by atoms with E-state index < -0.39 is 4.92 Å². The van der Waals surface area contributed by atoms with Crippen LogP contribution in [0.5, 0.6) is 0 Å². The first-order chi connectivity index (χ1) is 15.0. The smallest absolute Gasteiger partial charge is 0.287 e. The highest BCUT2D eigenvalue weighted by atomic mass is 32.2. The molecule has 1 atom stereocenters. The number of rotatable bonds is 8. The number of non-ortho nitro benzene ring substituents is 1. The minimum atomic E-state index is -0.461. The van der Waals surface area contributed by atoms with E-state index in [-0.39, 0.29) is 23.4 Å². The number of para-hydroxylation sites is 2. The molecule has 0 aliphatic carbocycles. The molecule has 0 unspecified atom stereocenters. The standard InChI is InChI=1S/C22H20N4O4S/c1-31-13-12-18(21-23-16-4-2-3-5-17(16)24-21)25-22(27)20-11-10-19(30-20)14-6-8-15(9-7-14)26(28)29/h2-11,18H,12-13H2,1H3,(H,23,24)(H,25,27)/t18-/m0/s1. The van der Waals surface area contributed by atoms with Gasteiger partial charge in [0.25, 0.3) is 11.6 Å². The molecular weight excluding hydrogens is 416 g/mol. The van der Waals surface area contributed by atoms with Crippen LogP contribution in [-0.2, 0) is 0 Å². The van der Waals surface area contributed by atoms with E-state index in [2.05, 4.69) is 15.3 Å². The van der Waals surface area contributed by atoms with Gasteiger partial charge in [-0.2, -0.15) is 11.8 Å². The van der Waals surface area contributed by atoms with E-state index in [0.717, 1.165) is 16.8 Å². The van der Waals surface area contributed by atoms with Crippen LogP contribution < -0.4 is 5.32 Å². The van der Waals surface area contributed by atoms with Crippen LogP contribution in [0, 0.1) is 10.1 Å². The Morgan fingerprint density at radius 3 is 2.68 bits per heavy atom. The van der Waals surface area contributed by atoms with Crippen LogP contribution in [0.1, 0.15) is 28.8 Å². The summed E-state index contributed by atoms with van der Waals surface area (Å²) in [6.45, 7) is 0. The Labute approximate surface area is 182 Å². The molecule has 2 aromatic heterocycles. The molecule has 0 bridgehead atoms. The number of H-pyrrole nitrogens is 1. The number of benzene rings is 2. The van der Waals surface area contributed by atoms with Crippen molar-refractivity contribution in [1.29, 1.82) is 0 Å². The van der Waals surface area contributed by atoms with Gasteiger partial charge in [0, 0.05) is 17.7 Å². The fourth-order valence-corrected chi connectivity index (χ4v) is 3.71. The summed E-state index contributed by atoms with van der Waals surface area (Å²) in [5.41, 5.74) is 2.41. The lowest BCUT2D eigenvalue weighted by atomic mass is 10.1. The molecule has 0 aliphatic rings. The molecular formula is C22H20N4O4S. The molecule has 2 N–H and O–H groups in total. The first kappa shape index (κ1) is 20.7. The Morgan fingerprint density at radius 1 is 1.19 bits per heavy atom. The first-order valence-corrected chi connectivity index (χ1v) is 11.0. The summed E-state index contributed by atoms with van der Waals surface area (Å²) in [6.07, 6.45) is 2.73. The number of nitro groups is 1. The maximum Gasteiger partial charge on any atom is 0.287 e. The number of carbonyl (C=O) groups excluding carboxylic acids is 1. The van der Waals surface area contributed by atoms with Crippen LogP contribution in [-0.4, -0.2) is 32.8 Å². The minimum Gasteiger partial charge on any atom is -0.451 e. The monoisotopic (exact) mass is 436 g/mol. The maximum atomic E-state index is 12.9. The molecule has 2 aromatic carbocycles. The van der Waals surface area contributed by atoms with Gasteiger partial charge in [0.15, 0.2) is 5.76 Å². The zero-order chi connectivity index (χ0) is 21.8. The van der Waals surface area contributed by atoms with Crippen molar-refractivity contribution >= 4 is 34.4 Å². The number of nitro benzene ring substituents is 1. The molecule has 8 nitrogen and oxygen atoms in total. The lowest BCUT2D eigenvalue weighted by Gasteiger charge is -2.15. The number of furan rings is 1. The fraction of sp³-hybridized carbons (Fsp3) is 0.182. The van der Waals surface area contributed by atoms with Crippen molar-refractivity contribution < 1.29 is 14.1 Å². The Kier molecular flexibility index (Phi) is 6.03. The number of imidazole rings is 1. The third kappa shape index (κ3) is 4.61. The number of nitrogens with one attached hydrogen (secondary N) is 2. The van der Waals surface area contributed by atoms with Gasteiger partial charge >= 0.3 is 0 Å². The molecule has 9 heteroatoms. The SMILES string of the molecule is CSCC[C@H](NC(=O)c1ccc(-c2ccc([N+](=O)[O-])cc2)o1)c1nc2ccccc2[nH]1. The second kappa shape index (κ2) is 9.05. The predicted octanol–water partition coefficient (Wildman–Crippen LogP) is 4.96. The van der Waals surface area contributed by atoms with E-state index in [1.807, 2.05) is 30.5 Å². The molecule has 0 spiro atoms. The van der Waals surface area contributed by atoms with Crippen LogP contribution in [0.25, 0.3) is 22.4 Å². The molecule has 0 fully saturated rings. The van der Waals surface area contributed by atoms with Crippen molar-refractivity contribution in [3.05, 3.63) is 82.4 Å². The van der Waals surface area contributed by atoms with Gasteiger partial charge in [-0.1, -0.05) is 12.1 Å². The van der Waals surface area contributed by atoms with Crippen molar-refractivity contribution in [2.24, 2.45) is 0 Å². The number of nitrogens with zero attached hydrogens (tertiary/aromatic N) is 2. The Morgan fingerprint density at radius 2 is 1.97 bits per heavy atom. The van der Waals surface area contributed by atoms with Crippen LogP contribution in [0.4, 0.5) is 5.69 Å². The van der Waals surface area contributed by atoms with Gasteiger partial charge in [0.1, 0.15) is 11.6 Å². The van der Waals surface area contributed by atoms with Crippen molar-refractivity contribution in [2.75, 3.05) is 12.0 Å². The van der Waals surface area contributed by atoms with Gasteiger partial charge in [-0.3, -0.25) is 14.9 Å². The summed E-state index contributed by atoms with van der Waals surface area (Å²) in [7, 11) is 0. The van der Waals surface area contributed by atoms with E-state index in [0.29, 0.717) is 23.6 Å². The molecule has 31 heavy (non-hydrogen) atoms. The average Bonchev–Trinajstić information content (AvgIpc) is 3.44. The lowest BCUT2D eigenvalue weighted by molar-refractivity contribution is -0.384. The number of amides is 1. The summed E-state index contributed by atoms with van der Waals surface area (Å²) in [4.78, 5) is 31.1. The van der Waals surface area contributed by atoms with Crippen molar-refractivity contribution in [2.45, 2.75) is 12.5 Å². The molecule has 1 amide bonds. The Hall–Kier alpha value is -3.59. The van der Waals surface area contributed by atoms with Crippen molar-refractivity contribution in [3.63, 3.8) is 0 Å². The highest BCUT2D eigenvalue weighted by molar-refractivity contribution is 7.98. The summed E-state index contributed by atoms with van der Waals surface area (Å²) >= 11 is 1.69. The van der Waals surface area contributed by atoms with Crippen LogP contribution in [0.15, 0.2) is 65.1 Å². The van der Waals surface area contributed by atoms with E-state index in [4.69, 9.17) is 4.42 Å². The van der Waals surface area contributed by atoms with E-state index >= 15 is 0 Å². The molecule has 0 radical (unpaired) electrons. The van der Waals surface area contributed by atoms with Gasteiger partial charge < -0.3 is 14.7 Å². The second-order valence-electron chi connectivity index (χ2n) is 6.91. The molecule has 4 rings (SSSR count). The lowest BCUT2D eigenvalue weighted by Crippen LogP contribution is -2.29. The fourth-order valence-electron chi connectivity index (χ4n) is 3.24. The normalized spacial score (nSPS) is 12.0. The minimum absolute atomic E-state index is 0.00394. The van der Waals surface area contributed by atoms with E-state index in [1.165, 1.54) is 12.1 Å². The number of aromatic amines is 1. The van der Waals surface area contributed by atoms with Gasteiger partial charge in [0.2, 0.25) is 0 Å². The quantitative estimate of drug-likeness (QED) is 0.298. The van der Waals surface area contributed by atoms with Crippen molar-refractivity contribution in [3.8, 4) is 11.3 Å². The Balaban J connectivity index is 1.52. The summed E-state index contributed by atoms with van der Waals surface area (Å²) in [6, 6.07) is 16.7. The van der Waals surface area contributed by atoms with Gasteiger partial charge in [-0.25, -0.2) is 4.98 Å². The number of hydrogen-bond donors (Lipinski definition) is 2. The summed E-state index contributed by atoms with van der Waals surface area (Å²) in [5.74, 6) is 1.84. The molecule has 2 heterocycles. The number of hydrogen-bond acceptors (Lipinski definition) is 6. The number of fused-ring (bicyclic) bond motifs is 1. The summed E-state index contributed by atoms with van der Waals surface area (Å²) in [5, 5.41) is 13.8. The maximum absolute atomic E-state index is 12.9. The first-order valence-electron chi connectivity index (χ1n) is 9.64. The number of carbonyl (C=O) groups is 1.